The van der Waals surface area contributed by atoms with Crippen molar-refractivity contribution in [2.75, 3.05) is 13.1 Å². The first kappa shape index (κ1) is 17.0. The Hall–Kier alpha value is -2.48. The molecule has 1 atom stereocenters. The minimum Gasteiger partial charge on any atom is -0.472 e. The van der Waals surface area contributed by atoms with E-state index in [0.717, 1.165) is 61.3 Å². The summed E-state index contributed by atoms with van der Waals surface area (Å²) in [5.41, 5.74) is 4.25. The van der Waals surface area contributed by atoms with Crippen LogP contribution in [0.2, 0.25) is 0 Å². The molecule has 0 aromatic carbocycles. The van der Waals surface area contributed by atoms with Gasteiger partial charge in [-0.2, -0.15) is 10.1 Å². The van der Waals surface area contributed by atoms with Crippen LogP contribution in [0.1, 0.15) is 35.4 Å². The molecule has 0 saturated heterocycles. The molecule has 0 saturated carbocycles. The van der Waals surface area contributed by atoms with Crippen LogP contribution >= 0.6 is 0 Å². The van der Waals surface area contributed by atoms with Crippen LogP contribution in [0.3, 0.4) is 0 Å². The third kappa shape index (κ3) is 3.41. The molecule has 0 radical (unpaired) electrons. The van der Waals surface area contributed by atoms with E-state index in [-0.39, 0.29) is 12.0 Å². The molecule has 2 aromatic rings. The van der Waals surface area contributed by atoms with E-state index < -0.39 is 0 Å². The smallest absolute Gasteiger partial charge is 0.220 e. The molecule has 8 nitrogen and oxygen atoms in total. The van der Waals surface area contributed by atoms with Crippen molar-refractivity contribution >= 4 is 5.91 Å². The van der Waals surface area contributed by atoms with Gasteiger partial charge in [-0.25, -0.2) is 4.98 Å². The Bertz CT molecular complexity index is 846. The molecular weight excluding hydrogens is 332 g/mol. The lowest BCUT2D eigenvalue weighted by atomic mass is 10.1. The number of aryl methyl sites for hydroxylation is 2. The molecule has 0 unspecified atom stereocenters. The number of hydrogen-bond acceptors (Lipinski definition) is 6. The van der Waals surface area contributed by atoms with Crippen molar-refractivity contribution in [3.63, 3.8) is 0 Å². The van der Waals surface area contributed by atoms with Crippen LogP contribution < -0.4 is 10.1 Å². The number of ether oxygens (including phenoxy) is 1. The number of nitrogens with one attached hydrogen (secondary N) is 1. The third-order valence-corrected chi connectivity index (χ3v) is 4.91. The van der Waals surface area contributed by atoms with Gasteiger partial charge in [0, 0.05) is 44.2 Å². The highest BCUT2D eigenvalue weighted by Crippen LogP contribution is 2.29. The summed E-state index contributed by atoms with van der Waals surface area (Å²) in [6.45, 7) is 9.41. The van der Waals surface area contributed by atoms with E-state index in [1.807, 2.05) is 18.5 Å². The van der Waals surface area contributed by atoms with Crippen molar-refractivity contribution in [2.24, 2.45) is 0 Å². The quantitative estimate of drug-likeness (QED) is 0.870. The van der Waals surface area contributed by atoms with Crippen LogP contribution in [0, 0.1) is 13.8 Å². The maximum absolute atomic E-state index is 11.1. The standard InChI is InChI=1S/C18H24N6O2/c1-11-17-7-16(26-18(17)21-12(2)20-11)10-23-4-5-24-15(9-23)6-14(22-24)8-19-13(3)25/h6,16H,4-5,7-10H2,1-3H3,(H,19,25)/t16-/m1/s1. The lowest BCUT2D eigenvalue weighted by molar-refractivity contribution is -0.119. The van der Waals surface area contributed by atoms with E-state index in [0.29, 0.717) is 6.54 Å². The second-order valence-electron chi connectivity index (χ2n) is 7.08. The molecule has 4 heterocycles. The van der Waals surface area contributed by atoms with E-state index >= 15 is 0 Å². The predicted molar refractivity (Wildman–Crippen MR) is 94.7 cm³/mol. The zero-order chi connectivity index (χ0) is 18.3. The van der Waals surface area contributed by atoms with Gasteiger partial charge in [-0.05, 0) is 19.9 Å². The first-order chi connectivity index (χ1) is 12.5. The monoisotopic (exact) mass is 356 g/mol. The third-order valence-electron chi connectivity index (χ3n) is 4.91. The van der Waals surface area contributed by atoms with Crippen molar-refractivity contribution in [1.82, 2.24) is 30.0 Å². The normalized spacial score (nSPS) is 19.0. The lowest BCUT2D eigenvalue weighted by Crippen LogP contribution is -2.40. The van der Waals surface area contributed by atoms with Gasteiger partial charge in [0.15, 0.2) is 0 Å². The largest absolute Gasteiger partial charge is 0.472 e. The minimum atomic E-state index is -0.0378. The highest BCUT2D eigenvalue weighted by atomic mass is 16.5. The number of rotatable bonds is 4. The van der Waals surface area contributed by atoms with Gasteiger partial charge < -0.3 is 10.1 Å². The summed E-state index contributed by atoms with van der Waals surface area (Å²) < 4.78 is 8.11. The average Bonchev–Trinajstić information content (AvgIpc) is 3.16. The lowest BCUT2D eigenvalue weighted by Gasteiger charge is -2.29. The molecule has 0 fully saturated rings. The van der Waals surface area contributed by atoms with Gasteiger partial charge in [0.2, 0.25) is 11.8 Å². The average molecular weight is 356 g/mol. The Labute approximate surface area is 152 Å². The van der Waals surface area contributed by atoms with Crippen LogP contribution in [0.25, 0.3) is 0 Å². The maximum atomic E-state index is 11.1. The number of amides is 1. The molecule has 2 aromatic heterocycles. The van der Waals surface area contributed by atoms with Crippen LogP contribution in [-0.2, 0) is 30.8 Å². The highest BCUT2D eigenvalue weighted by Gasteiger charge is 2.29. The zero-order valence-corrected chi connectivity index (χ0v) is 15.4. The van der Waals surface area contributed by atoms with Crippen LogP contribution in [0.4, 0.5) is 0 Å². The van der Waals surface area contributed by atoms with E-state index in [4.69, 9.17) is 4.74 Å². The van der Waals surface area contributed by atoms with Gasteiger partial charge >= 0.3 is 0 Å². The number of fused-ring (bicyclic) bond motifs is 2. The van der Waals surface area contributed by atoms with Gasteiger partial charge in [-0.1, -0.05) is 0 Å². The summed E-state index contributed by atoms with van der Waals surface area (Å²) in [6.07, 6.45) is 0.985. The van der Waals surface area contributed by atoms with Gasteiger partial charge in [0.1, 0.15) is 11.9 Å². The second kappa shape index (κ2) is 6.68. The summed E-state index contributed by atoms with van der Waals surface area (Å²) in [5.74, 6) is 1.47. The Kier molecular flexibility index (Phi) is 4.36. The fraction of sp³-hybridized carbons (Fsp3) is 0.556. The Balaban J connectivity index is 1.38. The molecule has 1 N–H and O–H groups in total. The summed E-state index contributed by atoms with van der Waals surface area (Å²) in [6, 6.07) is 2.07. The van der Waals surface area contributed by atoms with Crippen LogP contribution in [-0.4, -0.2) is 49.7 Å². The van der Waals surface area contributed by atoms with E-state index in [1.165, 1.54) is 12.6 Å². The molecule has 0 aliphatic carbocycles. The molecule has 8 heteroatoms. The summed E-state index contributed by atoms with van der Waals surface area (Å²) in [4.78, 5) is 22.3. The van der Waals surface area contributed by atoms with Crippen LogP contribution in [0.15, 0.2) is 6.07 Å². The van der Waals surface area contributed by atoms with Crippen molar-refractivity contribution in [3.8, 4) is 5.88 Å². The summed E-state index contributed by atoms with van der Waals surface area (Å²) in [7, 11) is 0. The summed E-state index contributed by atoms with van der Waals surface area (Å²) in [5, 5.41) is 7.37. The van der Waals surface area contributed by atoms with E-state index in [1.54, 1.807) is 0 Å². The van der Waals surface area contributed by atoms with Crippen molar-refractivity contribution in [1.29, 1.82) is 0 Å². The minimum absolute atomic E-state index is 0.0378. The van der Waals surface area contributed by atoms with E-state index in [9.17, 15) is 4.79 Å². The van der Waals surface area contributed by atoms with Gasteiger partial charge in [-0.15, -0.1) is 0 Å². The Morgan fingerprint density at radius 2 is 2.19 bits per heavy atom. The number of aromatic nitrogens is 4. The first-order valence-electron chi connectivity index (χ1n) is 9.01. The molecule has 0 bridgehead atoms. The predicted octanol–water partition coefficient (Wildman–Crippen LogP) is 0.745. The number of carbonyl (C=O) groups excluding carboxylic acids is 1. The topological polar surface area (TPSA) is 85.2 Å². The molecule has 2 aliphatic heterocycles. The zero-order valence-electron chi connectivity index (χ0n) is 15.4. The number of hydrogen-bond donors (Lipinski definition) is 1. The Morgan fingerprint density at radius 1 is 1.35 bits per heavy atom. The Morgan fingerprint density at radius 3 is 3.00 bits per heavy atom. The molecule has 2 aliphatic rings. The molecular formula is C18H24N6O2. The fourth-order valence-corrected chi connectivity index (χ4v) is 3.69. The number of carbonyl (C=O) groups is 1. The van der Waals surface area contributed by atoms with E-state index in [2.05, 4.69) is 31.3 Å². The van der Waals surface area contributed by atoms with Crippen molar-refractivity contribution < 1.29 is 9.53 Å². The first-order valence-corrected chi connectivity index (χ1v) is 9.01. The SMILES string of the molecule is CC(=O)NCc1cc2n(n1)CCN(C[C@H]1Cc3c(C)nc(C)nc3O1)C2. The molecule has 1 amide bonds. The summed E-state index contributed by atoms with van der Waals surface area (Å²) >= 11 is 0. The molecule has 4 rings (SSSR count). The van der Waals surface area contributed by atoms with Crippen LogP contribution in [0.5, 0.6) is 5.88 Å². The van der Waals surface area contributed by atoms with Crippen molar-refractivity contribution in [2.45, 2.75) is 52.9 Å². The van der Waals surface area contributed by atoms with Gasteiger partial charge in [0.05, 0.1) is 24.5 Å². The highest BCUT2D eigenvalue weighted by molar-refractivity contribution is 5.72. The van der Waals surface area contributed by atoms with Crippen molar-refractivity contribution in [3.05, 3.63) is 34.5 Å². The molecule has 26 heavy (non-hydrogen) atoms. The van der Waals surface area contributed by atoms with Gasteiger partial charge in [-0.3, -0.25) is 14.4 Å². The van der Waals surface area contributed by atoms with Gasteiger partial charge in [0.25, 0.3) is 0 Å². The fourth-order valence-electron chi connectivity index (χ4n) is 3.69. The maximum Gasteiger partial charge on any atom is 0.220 e. The molecule has 138 valence electrons. The number of nitrogens with zero attached hydrogens (tertiary/aromatic N) is 5. The second-order valence-corrected chi connectivity index (χ2v) is 7.08. The molecule has 0 spiro atoms.